The summed E-state index contributed by atoms with van der Waals surface area (Å²) in [6, 6.07) is 0. The highest BCUT2D eigenvalue weighted by Gasteiger charge is 2.40. The number of rotatable bonds is 2. The number of nitrogens with zero attached hydrogens (tertiary/aromatic N) is 2. The molecule has 7 heteroatoms. The summed E-state index contributed by atoms with van der Waals surface area (Å²) in [5.41, 5.74) is 5.64. The third-order valence-corrected chi connectivity index (χ3v) is 4.07. The predicted molar refractivity (Wildman–Crippen MR) is 72.9 cm³/mol. The van der Waals surface area contributed by atoms with Gasteiger partial charge in [-0.05, 0) is 13.0 Å². The van der Waals surface area contributed by atoms with E-state index in [2.05, 4.69) is 9.88 Å². The minimum Gasteiger partial charge on any atom is -0.375 e. The molecule has 0 aromatic carbocycles. The molecule has 1 aromatic heterocycles. The van der Waals surface area contributed by atoms with Crippen molar-refractivity contribution in [3.63, 3.8) is 0 Å². The summed E-state index contributed by atoms with van der Waals surface area (Å²) in [6.07, 6.45) is 3.99. The Balaban J connectivity index is 0.00000120. The first-order chi connectivity index (χ1) is 8.26. The van der Waals surface area contributed by atoms with Crippen LogP contribution in [0.2, 0.25) is 0 Å². The maximum atomic E-state index is 5.75. The fourth-order valence-electron chi connectivity index (χ4n) is 2.55. The van der Waals surface area contributed by atoms with Gasteiger partial charge in [0, 0.05) is 24.0 Å². The largest absolute Gasteiger partial charge is 0.375 e. The van der Waals surface area contributed by atoms with Gasteiger partial charge >= 0.3 is 0 Å². The van der Waals surface area contributed by atoms with Crippen LogP contribution < -0.4 is 5.73 Å². The second-order valence-electron chi connectivity index (χ2n) is 4.59. The number of hydrogen-bond acceptors (Lipinski definition) is 6. The molecule has 2 aliphatic rings. The van der Waals surface area contributed by atoms with Crippen LogP contribution >= 0.6 is 23.7 Å². The maximum Gasteiger partial charge on any atom is 0.181 e. The first-order valence-electron chi connectivity index (χ1n) is 5.96. The van der Waals surface area contributed by atoms with Gasteiger partial charge in [-0.2, -0.15) is 0 Å². The summed E-state index contributed by atoms with van der Waals surface area (Å²) in [6.45, 7) is 4.28. The van der Waals surface area contributed by atoms with Crippen LogP contribution in [-0.4, -0.2) is 42.0 Å². The third-order valence-electron chi connectivity index (χ3n) is 3.26. The van der Waals surface area contributed by atoms with Crippen LogP contribution in [0.4, 0.5) is 5.13 Å². The van der Waals surface area contributed by atoms with Crippen molar-refractivity contribution < 1.29 is 9.47 Å². The number of thiazole rings is 1. The molecule has 3 rings (SSSR count). The second-order valence-corrected chi connectivity index (χ2v) is 5.73. The van der Waals surface area contributed by atoms with E-state index in [1.165, 1.54) is 4.88 Å². The Kier molecular flexibility index (Phi) is 4.45. The number of halogens is 1. The van der Waals surface area contributed by atoms with Gasteiger partial charge in [-0.1, -0.05) is 0 Å². The smallest absolute Gasteiger partial charge is 0.181 e. The molecule has 102 valence electrons. The van der Waals surface area contributed by atoms with Crippen LogP contribution in [0.5, 0.6) is 0 Å². The lowest BCUT2D eigenvalue weighted by atomic mass is 10.0. The van der Waals surface area contributed by atoms with Crippen molar-refractivity contribution in [3.05, 3.63) is 11.1 Å². The van der Waals surface area contributed by atoms with Gasteiger partial charge in [0.05, 0.1) is 19.8 Å². The average molecular weight is 292 g/mol. The van der Waals surface area contributed by atoms with Gasteiger partial charge < -0.3 is 15.2 Å². The van der Waals surface area contributed by atoms with E-state index >= 15 is 0 Å². The Bertz CT molecular complexity index is 395. The van der Waals surface area contributed by atoms with Crippen molar-refractivity contribution in [2.45, 2.75) is 25.2 Å². The summed E-state index contributed by atoms with van der Waals surface area (Å²) in [5.74, 6) is -0.339. The fraction of sp³-hybridized carbons (Fsp3) is 0.727. The molecule has 1 aromatic rings. The van der Waals surface area contributed by atoms with Gasteiger partial charge in [0.2, 0.25) is 0 Å². The minimum atomic E-state index is -0.339. The normalized spacial score (nSPS) is 23.1. The van der Waals surface area contributed by atoms with E-state index < -0.39 is 0 Å². The summed E-state index contributed by atoms with van der Waals surface area (Å²) >= 11 is 1.56. The molecule has 2 aliphatic heterocycles. The lowest BCUT2D eigenvalue weighted by molar-refractivity contribution is -0.190. The molecular weight excluding hydrogens is 274 g/mol. The van der Waals surface area contributed by atoms with Crippen molar-refractivity contribution in [2.24, 2.45) is 0 Å². The van der Waals surface area contributed by atoms with Gasteiger partial charge in [0.25, 0.3) is 0 Å². The number of hydrogen-bond donors (Lipinski definition) is 1. The molecule has 0 unspecified atom stereocenters. The van der Waals surface area contributed by atoms with E-state index in [1.807, 2.05) is 6.20 Å². The molecule has 0 amide bonds. The fourth-order valence-corrected chi connectivity index (χ4v) is 3.28. The molecule has 2 fully saturated rings. The highest BCUT2D eigenvalue weighted by molar-refractivity contribution is 7.15. The lowest BCUT2D eigenvalue weighted by Gasteiger charge is -2.38. The molecule has 0 radical (unpaired) electrons. The van der Waals surface area contributed by atoms with Gasteiger partial charge in [-0.3, -0.25) is 4.90 Å². The van der Waals surface area contributed by atoms with Gasteiger partial charge in [-0.25, -0.2) is 4.98 Å². The van der Waals surface area contributed by atoms with E-state index in [4.69, 9.17) is 15.2 Å². The number of nitrogen functional groups attached to an aromatic ring is 1. The van der Waals surface area contributed by atoms with E-state index in [0.717, 1.165) is 45.7 Å². The molecule has 5 nitrogen and oxygen atoms in total. The monoisotopic (exact) mass is 291 g/mol. The van der Waals surface area contributed by atoms with E-state index in [9.17, 15) is 0 Å². The third kappa shape index (κ3) is 2.95. The summed E-state index contributed by atoms with van der Waals surface area (Å²) in [4.78, 5) is 7.65. The van der Waals surface area contributed by atoms with E-state index in [-0.39, 0.29) is 18.2 Å². The van der Waals surface area contributed by atoms with Crippen molar-refractivity contribution >= 4 is 28.9 Å². The molecule has 0 aliphatic carbocycles. The van der Waals surface area contributed by atoms with Crippen molar-refractivity contribution in [1.29, 1.82) is 0 Å². The van der Waals surface area contributed by atoms with Crippen molar-refractivity contribution in [2.75, 3.05) is 32.0 Å². The number of aromatic nitrogens is 1. The zero-order valence-corrected chi connectivity index (χ0v) is 11.8. The van der Waals surface area contributed by atoms with Crippen LogP contribution in [0.25, 0.3) is 0 Å². The van der Waals surface area contributed by atoms with E-state index in [0.29, 0.717) is 5.13 Å². The lowest BCUT2D eigenvalue weighted by Crippen LogP contribution is -2.48. The Morgan fingerprint density at radius 1 is 1.44 bits per heavy atom. The molecule has 18 heavy (non-hydrogen) atoms. The summed E-state index contributed by atoms with van der Waals surface area (Å²) < 4.78 is 11.5. The van der Waals surface area contributed by atoms with Crippen LogP contribution in [0, 0.1) is 0 Å². The molecular formula is C11H18ClN3O2S. The Morgan fingerprint density at radius 3 is 2.89 bits per heavy atom. The Hall–Kier alpha value is -0.400. The number of piperidine rings is 1. The second kappa shape index (κ2) is 5.71. The number of nitrogens with two attached hydrogens (primary N) is 1. The van der Waals surface area contributed by atoms with Gasteiger partial charge in [-0.15, -0.1) is 23.7 Å². The number of ether oxygens (including phenoxy) is 2. The predicted octanol–water partition coefficient (Wildman–Crippen LogP) is 1.49. The van der Waals surface area contributed by atoms with Crippen molar-refractivity contribution in [1.82, 2.24) is 9.88 Å². The van der Waals surface area contributed by atoms with Gasteiger partial charge in [0.1, 0.15) is 0 Å². The molecule has 2 N–H and O–H groups in total. The number of likely N-dealkylation sites (tertiary alicyclic amines) is 1. The van der Waals surface area contributed by atoms with E-state index in [1.54, 1.807) is 11.3 Å². The topological polar surface area (TPSA) is 60.6 Å². The SMILES string of the molecule is Cl.Nc1ncc(CN2CCCC3(C2)OCCO3)s1. The molecule has 0 bridgehead atoms. The summed E-state index contributed by atoms with van der Waals surface area (Å²) in [5, 5.41) is 0.639. The van der Waals surface area contributed by atoms with Crippen LogP contribution in [0.15, 0.2) is 6.20 Å². The molecule has 2 saturated heterocycles. The quantitative estimate of drug-likeness (QED) is 0.894. The standard InChI is InChI=1S/C11H17N3O2S.ClH/c12-10-13-6-9(17-10)7-14-3-1-2-11(8-14)15-4-5-16-11;/h6H,1-5,7-8H2,(H2,12,13);1H. The highest BCUT2D eigenvalue weighted by atomic mass is 35.5. The molecule has 0 saturated carbocycles. The van der Waals surface area contributed by atoms with Crippen LogP contribution in [0.1, 0.15) is 17.7 Å². The van der Waals surface area contributed by atoms with Gasteiger partial charge in [0.15, 0.2) is 10.9 Å². The first-order valence-corrected chi connectivity index (χ1v) is 6.78. The molecule has 3 heterocycles. The molecule has 0 atom stereocenters. The van der Waals surface area contributed by atoms with Crippen LogP contribution in [-0.2, 0) is 16.0 Å². The van der Waals surface area contributed by atoms with Crippen molar-refractivity contribution in [3.8, 4) is 0 Å². The zero-order chi connectivity index (χ0) is 11.7. The first kappa shape index (κ1) is 14.0. The number of anilines is 1. The minimum absolute atomic E-state index is 0. The Morgan fingerprint density at radius 2 is 2.22 bits per heavy atom. The Labute approximate surface area is 117 Å². The average Bonchev–Trinajstić information content (AvgIpc) is 2.89. The molecule has 1 spiro atoms. The summed E-state index contributed by atoms with van der Waals surface area (Å²) in [7, 11) is 0. The highest BCUT2D eigenvalue weighted by Crippen LogP contribution is 2.31. The zero-order valence-electron chi connectivity index (χ0n) is 10.1. The maximum absolute atomic E-state index is 5.75. The van der Waals surface area contributed by atoms with Crippen LogP contribution in [0.3, 0.4) is 0 Å².